The highest BCUT2D eigenvalue weighted by Gasteiger charge is 2.43. The highest BCUT2D eigenvalue weighted by Crippen LogP contribution is 2.31. The van der Waals surface area contributed by atoms with E-state index in [-0.39, 0.29) is 13.0 Å². The second kappa shape index (κ2) is 8.87. The number of hydrogen-bond donors (Lipinski definition) is 4. The summed E-state index contributed by atoms with van der Waals surface area (Å²) in [7, 11) is 1.58. The molecule has 0 heterocycles. The Balaban J connectivity index is 1.81. The maximum Gasteiger partial charge on any atom is 0.128 e. The number of rotatable bonds is 6. The Hall–Kier alpha value is -2.19. The lowest BCUT2D eigenvalue weighted by Crippen LogP contribution is -2.56. The zero-order valence-corrected chi connectivity index (χ0v) is 15.5. The average Bonchev–Trinajstić information content (AvgIpc) is 2.70. The molecule has 7 heteroatoms. The third-order valence-electron chi connectivity index (χ3n) is 5.19. The van der Waals surface area contributed by atoms with E-state index in [0.29, 0.717) is 23.5 Å². The second-order valence-electron chi connectivity index (χ2n) is 7.08. The van der Waals surface area contributed by atoms with E-state index in [1.165, 1.54) is 18.2 Å². The van der Waals surface area contributed by atoms with Gasteiger partial charge in [0.25, 0.3) is 0 Å². The van der Waals surface area contributed by atoms with Crippen LogP contribution in [0.4, 0.5) is 4.39 Å². The van der Waals surface area contributed by atoms with Crippen molar-refractivity contribution in [3.8, 4) is 11.5 Å². The Labute approximate surface area is 162 Å². The highest BCUT2D eigenvalue weighted by atomic mass is 19.1. The molecule has 0 spiro atoms. The number of halogens is 1. The number of aliphatic hydroxyl groups is 4. The number of ether oxygens (including phenoxy) is 2. The van der Waals surface area contributed by atoms with E-state index in [4.69, 9.17) is 9.47 Å². The Kier molecular flexibility index (Phi) is 6.51. The summed E-state index contributed by atoms with van der Waals surface area (Å²) in [6, 6.07) is 11.5. The van der Waals surface area contributed by atoms with Crippen molar-refractivity contribution in [2.75, 3.05) is 13.7 Å². The van der Waals surface area contributed by atoms with E-state index in [1.807, 2.05) is 24.3 Å². The molecule has 0 aliphatic heterocycles. The number of hydrogen-bond acceptors (Lipinski definition) is 6. The van der Waals surface area contributed by atoms with Crippen molar-refractivity contribution in [3.63, 3.8) is 0 Å². The SMILES string of the molecule is COc1ccc(Cc2cc(F)ccc2O[C@@H]2C[C@H](CO)[C@@H](O)[C@H](O)[C@H]2O)cc1. The summed E-state index contributed by atoms with van der Waals surface area (Å²) in [4.78, 5) is 0. The fourth-order valence-corrected chi connectivity index (χ4v) is 3.51. The normalized spacial score (nSPS) is 27.4. The summed E-state index contributed by atoms with van der Waals surface area (Å²) in [6.45, 7) is -0.340. The van der Waals surface area contributed by atoms with Crippen LogP contribution in [-0.2, 0) is 6.42 Å². The molecule has 1 aliphatic carbocycles. The molecule has 4 N–H and O–H groups in total. The third kappa shape index (κ3) is 4.44. The van der Waals surface area contributed by atoms with Crippen LogP contribution in [0.1, 0.15) is 17.5 Å². The van der Waals surface area contributed by atoms with Crippen LogP contribution in [0.3, 0.4) is 0 Å². The minimum absolute atomic E-state index is 0.162. The fraction of sp³-hybridized carbons (Fsp3) is 0.429. The molecule has 0 radical (unpaired) electrons. The molecule has 0 saturated heterocycles. The molecule has 2 aromatic carbocycles. The Morgan fingerprint density at radius 1 is 1.00 bits per heavy atom. The van der Waals surface area contributed by atoms with Gasteiger partial charge in [-0.05, 0) is 42.3 Å². The Bertz CT molecular complexity index is 779. The number of aliphatic hydroxyl groups excluding tert-OH is 4. The van der Waals surface area contributed by atoms with Crippen molar-refractivity contribution in [2.24, 2.45) is 5.92 Å². The van der Waals surface area contributed by atoms with Crippen LogP contribution in [-0.4, -0.2) is 58.6 Å². The molecule has 0 bridgehead atoms. The van der Waals surface area contributed by atoms with Gasteiger partial charge in [0.2, 0.25) is 0 Å². The summed E-state index contributed by atoms with van der Waals surface area (Å²) >= 11 is 0. The van der Waals surface area contributed by atoms with Crippen LogP contribution in [0.25, 0.3) is 0 Å². The van der Waals surface area contributed by atoms with Crippen LogP contribution < -0.4 is 9.47 Å². The third-order valence-corrected chi connectivity index (χ3v) is 5.19. The molecule has 5 atom stereocenters. The van der Waals surface area contributed by atoms with Crippen molar-refractivity contribution in [2.45, 2.75) is 37.3 Å². The zero-order valence-electron chi connectivity index (χ0n) is 15.5. The van der Waals surface area contributed by atoms with E-state index in [9.17, 15) is 24.8 Å². The smallest absolute Gasteiger partial charge is 0.128 e. The summed E-state index contributed by atoms with van der Waals surface area (Å²) in [5, 5.41) is 39.6. The molecule has 0 unspecified atom stereocenters. The van der Waals surface area contributed by atoms with Crippen molar-refractivity contribution in [1.29, 1.82) is 0 Å². The lowest BCUT2D eigenvalue weighted by Gasteiger charge is -2.39. The molecule has 1 aliphatic rings. The van der Waals surface area contributed by atoms with Gasteiger partial charge in [0, 0.05) is 24.5 Å². The molecule has 152 valence electrons. The predicted octanol–water partition coefficient (Wildman–Crippen LogP) is 1.27. The first-order chi connectivity index (χ1) is 13.4. The maximum atomic E-state index is 13.8. The van der Waals surface area contributed by atoms with Gasteiger partial charge in [-0.2, -0.15) is 0 Å². The highest BCUT2D eigenvalue weighted by molar-refractivity contribution is 5.39. The quantitative estimate of drug-likeness (QED) is 0.591. The topological polar surface area (TPSA) is 99.4 Å². The van der Waals surface area contributed by atoms with Gasteiger partial charge in [-0.1, -0.05) is 12.1 Å². The van der Waals surface area contributed by atoms with Gasteiger partial charge in [-0.3, -0.25) is 0 Å². The van der Waals surface area contributed by atoms with Gasteiger partial charge in [0.1, 0.15) is 35.6 Å². The van der Waals surface area contributed by atoms with Crippen molar-refractivity contribution in [1.82, 2.24) is 0 Å². The molecule has 2 aromatic rings. The van der Waals surface area contributed by atoms with Gasteiger partial charge < -0.3 is 29.9 Å². The van der Waals surface area contributed by atoms with Gasteiger partial charge >= 0.3 is 0 Å². The van der Waals surface area contributed by atoms with Crippen LogP contribution in [0.15, 0.2) is 42.5 Å². The van der Waals surface area contributed by atoms with E-state index in [1.54, 1.807) is 7.11 Å². The van der Waals surface area contributed by atoms with E-state index >= 15 is 0 Å². The molecule has 28 heavy (non-hydrogen) atoms. The number of benzene rings is 2. The summed E-state index contributed by atoms with van der Waals surface area (Å²) in [5.74, 6) is 0.0616. The van der Waals surface area contributed by atoms with Crippen LogP contribution in [0.2, 0.25) is 0 Å². The lowest BCUT2D eigenvalue weighted by molar-refractivity contribution is -0.157. The fourth-order valence-electron chi connectivity index (χ4n) is 3.51. The van der Waals surface area contributed by atoms with Gasteiger partial charge in [0.15, 0.2) is 0 Å². The van der Waals surface area contributed by atoms with Crippen LogP contribution in [0, 0.1) is 11.7 Å². The molecule has 3 rings (SSSR count). The molecule has 0 aromatic heterocycles. The lowest BCUT2D eigenvalue weighted by atomic mass is 9.81. The maximum absolute atomic E-state index is 13.8. The Morgan fingerprint density at radius 3 is 2.36 bits per heavy atom. The average molecular weight is 392 g/mol. The van der Waals surface area contributed by atoms with E-state index < -0.39 is 36.2 Å². The van der Waals surface area contributed by atoms with Crippen LogP contribution in [0.5, 0.6) is 11.5 Å². The summed E-state index contributed by atoms with van der Waals surface area (Å²) < 4.78 is 24.9. The van der Waals surface area contributed by atoms with Crippen molar-refractivity contribution >= 4 is 0 Å². The largest absolute Gasteiger partial charge is 0.497 e. The summed E-state index contributed by atoms with van der Waals surface area (Å²) in [5.41, 5.74) is 1.50. The first kappa shape index (κ1) is 20.5. The minimum atomic E-state index is -1.43. The van der Waals surface area contributed by atoms with Crippen molar-refractivity contribution in [3.05, 3.63) is 59.4 Å². The molecule has 1 fully saturated rings. The Morgan fingerprint density at radius 2 is 1.71 bits per heavy atom. The zero-order chi connectivity index (χ0) is 20.3. The molecule has 6 nitrogen and oxygen atoms in total. The first-order valence-electron chi connectivity index (χ1n) is 9.16. The minimum Gasteiger partial charge on any atom is -0.497 e. The van der Waals surface area contributed by atoms with E-state index in [0.717, 1.165) is 5.56 Å². The van der Waals surface area contributed by atoms with Gasteiger partial charge in [0.05, 0.1) is 13.2 Å². The second-order valence-corrected chi connectivity index (χ2v) is 7.08. The van der Waals surface area contributed by atoms with Gasteiger partial charge in [-0.15, -0.1) is 0 Å². The first-order valence-corrected chi connectivity index (χ1v) is 9.16. The monoisotopic (exact) mass is 392 g/mol. The molecule has 1 saturated carbocycles. The van der Waals surface area contributed by atoms with Crippen LogP contribution >= 0.6 is 0 Å². The number of methoxy groups -OCH3 is 1. The summed E-state index contributed by atoms with van der Waals surface area (Å²) in [6.07, 6.45) is -4.26. The molecular formula is C21H25FO6. The van der Waals surface area contributed by atoms with Crippen molar-refractivity contribution < 1.29 is 34.3 Å². The predicted molar refractivity (Wildman–Crippen MR) is 99.8 cm³/mol. The standard InChI is InChI=1S/C21H25FO6/c1-27-16-5-2-12(3-6-16)8-13-9-15(22)4-7-17(13)28-18-10-14(11-23)19(24)21(26)20(18)25/h2-7,9,14,18-21,23-26H,8,10-11H2,1H3/t14-,18-,19-,20+,21+/m1/s1. The van der Waals surface area contributed by atoms with E-state index in [2.05, 4.69) is 0 Å². The molecule has 0 amide bonds. The molecular weight excluding hydrogens is 367 g/mol. The van der Waals surface area contributed by atoms with Gasteiger partial charge in [-0.25, -0.2) is 4.39 Å².